The van der Waals surface area contributed by atoms with Gasteiger partial charge in [-0.15, -0.1) is 11.3 Å². The average Bonchev–Trinajstić information content (AvgIpc) is 3.96. The van der Waals surface area contributed by atoms with Crippen LogP contribution in [0.1, 0.15) is 77.3 Å². The van der Waals surface area contributed by atoms with Crippen LogP contribution in [0.3, 0.4) is 0 Å². The van der Waals surface area contributed by atoms with E-state index < -0.39 is 50.2 Å². The van der Waals surface area contributed by atoms with E-state index in [0.29, 0.717) is 63.9 Å². The van der Waals surface area contributed by atoms with Crippen molar-refractivity contribution >= 4 is 61.7 Å². The molecule has 2 aromatic heterocycles. The number of methoxy groups -OCH3 is 1. The Morgan fingerprint density at radius 2 is 1.96 bits per heavy atom. The Labute approximate surface area is 318 Å². The number of aromatic nitrogens is 2. The second kappa shape index (κ2) is 14.0. The van der Waals surface area contributed by atoms with Crippen molar-refractivity contribution in [2.75, 3.05) is 27.3 Å². The first-order valence-electron chi connectivity index (χ1n) is 18.0. The number of benzene rings is 1. The number of ether oxygens (including phenoxy) is 2. The van der Waals surface area contributed by atoms with Crippen LogP contribution < -0.4 is 19.5 Å². The first kappa shape index (κ1) is 37.4. The number of hydrogen-bond donors (Lipinski definition) is 2. The predicted molar refractivity (Wildman–Crippen MR) is 203 cm³/mol. The quantitative estimate of drug-likeness (QED) is 0.262. The third-order valence-electron chi connectivity index (χ3n) is 11.0. The molecule has 4 amide bonds. The van der Waals surface area contributed by atoms with E-state index in [4.69, 9.17) is 31.0 Å². The molecule has 2 aliphatic heterocycles. The summed E-state index contributed by atoms with van der Waals surface area (Å²) in [5.74, 6) is -0.221. The van der Waals surface area contributed by atoms with Crippen molar-refractivity contribution in [3.63, 3.8) is 0 Å². The number of sulfonamides is 1. The molecule has 0 spiro atoms. The molecule has 0 bridgehead atoms. The molecular weight excluding hydrogens is 740 g/mol. The molecule has 13 nitrogen and oxygen atoms in total. The lowest BCUT2D eigenvalue weighted by atomic mass is 9.92. The van der Waals surface area contributed by atoms with Crippen molar-refractivity contribution in [3.05, 3.63) is 46.4 Å². The number of nitrogens with zero attached hydrogens (tertiary/aromatic N) is 4. The van der Waals surface area contributed by atoms with Crippen LogP contribution in [-0.4, -0.2) is 95.7 Å². The summed E-state index contributed by atoms with van der Waals surface area (Å²) in [5, 5.41) is 6.53. The molecule has 0 radical (unpaired) electrons. The summed E-state index contributed by atoms with van der Waals surface area (Å²) < 4.78 is 39.4. The van der Waals surface area contributed by atoms with Crippen LogP contribution >= 0.6 is 22.9 Å². The number of allylic oxidation sites excluding steroid dienone is 1. The van der Waals surface area contributed by atoms with Crippen LogP contribution in [0.15, 0.2) is 35.7 Å². The van der Waals surface area contributed by atoms with Gasteiger partial charge in [-0.1, -0.05) is 37.6 Å². The maximum atomic E-state index is 14.3. The highest BCUT2D eigenvalue weighted by atomic mass is 35.5. The number of rotatable bonds is 9. The number of fused-ring (bicyclic) bond motifs is 3. The number of nitrogens with one attached hydrogen (secondary N) is 2. The number of halogens is 1. The van der Waals surface area contributed by atoms with Crippen LogP contribution in [-0.2, 0) is 19.6 Å². The van der Waals surface area contributed by atoms with Crippen LogP contribution in [0.4, 0.5) is 4.79 Å². The Morgan fingerprint density at radius 1 is 1.19 bits per heavy atom. The summed E-state index contributed by atoms with van der Waals surface area (Å²) in [6, 6.07) is 3.38. The van der Waals surface area contributed by atoms with Gasteiger partial charge in [-0.3, -0.25) is 14.3 Å². The molecule has 3 fully saturated rings. The van der Waals surface area contributed by atoms with Gasteiger partial charge in [-0.05, 0) is 63.5 Å². The standard InChI is InChI=1S/C37H45ClN6O7S2/c1-21(2)26-20-52-32(40-26)25-17-29(24-11-12-28(50-5)30(38)31(24)39-25)51-19-23-16-27-33(45)43(4)15-9-7-6-8-10-22-18-37(22,41-35(47)44(23)27)34(46)42-53(48,49)36(3)13-14-36/h8,10-12,17,20-23,27H,6-7,9,13-16,18-19H2,1-5H3,(H,41,47)(H,42,46)/b10-8+/t22-,23+,27+,37-/m1/s1. The third kappa shape index (κ3) is 6.95. The molecule has 4 atom stereocenters. The Kier molecular flexibility index (Phi) is 9.90. The van der Waals surface area contributed by atoms with Gasteiger partial charge in [0.05, 0.1) is 29.1 Å². The molecule has 2 saturated carbocycles. The van der Waals surface area contributed by atoms with Crippen LogP contribution in [0.25, 0.3) is 21.6 Å². The molecule has 284 valence electrons. The smallest absolute Gasteiger partial charge is 0.319 e. The SMILES string of the molecule is COc1ccc2c(OC[C@@H]3C[C@H]4C(=O)N(C)CCCC/C=C/[C@@H]5C[C@@]5(C(=O)NS(=O)(=O)C5(C)CC5)NC(=O)N34)cc(-c3nc(C(C)C)cs3)nc2c1Cl. The Morgan fingerprint density at radius 3 is 2.66 bits per heavy atom. The van der Waals surface area contributed by atoms with E-state index in [1.807, 2.05) is 23.6 Å². The Balaban J connectivity index is 1.18. The molecule has 1 aromatic carbocycles. The highest BCUT2D eigenvalue weighted by molar-refractivity contribution is 7.91. The fourth-order valence-electron chi connectivity index (χ4n) is 6.98. The first-order chi connectivity index (χ1) is 25.2. The van der Waals surface area contributed by atoms with Gasteiger partial charge in [0.25, 0.3) is 5.91 Å². The zero-order valence-electron chi connectivity index (χ0n) is 30.5. The molecule has 0 unspecified atom stereocenters. The number of likely N-dealkylation sites (N-methyl/N-ethyl adjacent to an activating group) is 1. The van der Waals surface area contributed by atoms with Gasteiger partial charge < -0.3 is 24.6 Å². The van der Waals surface area contributed by atoms with Crippen molar-refractivity contribution in [1.29, 1.82) is 0 Å². The van der Waals surface area contributed by atoms with Gasteiger partial charge in [-0.25, -0.2) is 23.2 Å². The maximum absolute atomic E-state index is 14.3. The van der Waals surface area contributed by atoms with E-state index >= 15 is 0 Å². The number of thiazole rings is 1. The zero-order valence-corrected chi connectivity index (χ0v) is 32.9. The summed E-state index contributed by atoms with van der Waals surface area (Å²) in [6.07, 6.45) is 7.69. The Hall–Kier alpha value is -3.95. The largest absolute Gasteiger partial charge is 0.495 e. The average molecular weight is 785 g/mol. The third-order valence-corrected chi connectivity index (χ3v) is 14.4. The summed E-state index contributed by atoms with van der Waals surface area (Å²) in [6.45, 7) is 6.30. The van der Waals surface area contributed by atoms with Crippen LogP contribution in [0.5, 0.6) is 11.5 Å². The minimum Gasteiger partial charge on any atom is -0.495 e. The summed E-state index contributed by atoms with van der Waals surface area (Å²) in [5.41, 5.74) is 0.503. The van der Waals surface area contributed by atoms with Crippen molar-refractivity contribution in [3.8, 4) is 22.2 Å². The summed E-state index contributed by atoms with van der Waals surface area (Å²) >= 11 is 8.23. The van der Waals surface area contributed by atoms with E-state index in [1.54, 1.807) is 31.0 Å². The number of hydrogen-bond acceptors (Lipinski definition) is 10. The molecule has 2 aliphatic carbocycles. The van der Waals surface area contributed by atoms with Gasteiger partial charge in [0.15, 0.2) is 0 Å². The first-order valence-corrected chi connectivity index (χ1v) is 20.8. The number of carbonyl (C=O) groups is 3. The second-order valence-corrected chi connectivity index (χ2v) is 18.6. The van der Waals surface area contributed by atoms with Crippen molar-refractivity contribution in [2.24, 2.45) is 5.92 Å². The number of urea groups is 1. The lowest BCUT2D eigenvalue weighted by Crippen LogP contribution is -2.69. The Bertz CT molecular complexity index is 2100. The lowest BCUT2D eigenvalue weighted by Gasteiger charge is -2.48. The topological polar surface area (TPSA) is 160 Å². The van der Waals surface area contributed by atoms with Crippen LogP contribution in [0, 0.1) is 5.92 Å². The van der Waals surface area contributed by atoms with Crippen molar-refractivity contribution in [1.82, 2.24) is 29.8 Å². The zero-order chi connectivity index (χ0) is 37.9. The van der Waals surface area contributed by atoms with Gasteiger partial charge in [-0.2, -0.15) is 0 Å². The normalized spacial score (nSPS) is 26.1. The second-order valence-electron chi connectivity index (χ2n) is 15.1. The molecular formula is C37H45ClN6O7S2. The number of carbonyl (C=O) groups excluding carboxylic acids is 3. The molecule has 3 aromatic rings. The van der Waals surface area contributed by atoms with Crippen molar-refractivity contribution in [2.45, 2.75) is 94.0 Å². The highest BCUT2D eigenvalue weighted by Crippen LogP contribution is 2.48. The minimum absolute atomic E-state index is 0.0213. The van der Waals surface area contributed by atoms with E-state index in [-0.39, 0.29) is 24.9 Å². The molecule has 7 rings (SSSR count). The molecule has 4 aliphatic rings. The van der Waals surface area contributed by atoms with E-state index in [2.05, 4.69) is 23.9 Å². The predicted octanol–water partition coefficient (Wildman–Crippen LogP) is 5.63. The molecule has 2 N–H and O–H groups in total. The summed E-state index contributed by atoms with van der Waals surface area (Å²) in [7, 11) is -0.693. The van der Waals surface area contributed by atoms with E-state index in [0.717, 1.165) is 25.0 Å². The maximum Gasteiger partial charge on any atom is 0.319 e. The van der Waals surface area contributed by atoms with Crippen molar-refractivity contribution < 1.29 is 32.3 Å². The fraction of sp³-hybridized carbons (Fsp3) is 0.541. The lowest BCUT2D eigenvalue weighted by molar-refractivity contribution is -0.142. The van der Waals surface area contributed by atoms with E-state index in [9.17, 15) is 22.8 Å². The highest BCUT2D eigenvalue weighted by Gasteiger charge is 2.63. The van der Waals surface area contributed by atoms with Crippen LogP contribution in [0.2, 0.25) is 5.02 Å². The van der Waals surface area contributed by atoms with Gasteiger partial charge in [0.2, 0.25) is 15.9 Å². The van der Waals surface area contributed by atoms with Gasteiger partial charge >= 0.3 is 6.03 Å². The van der Waals surface area contributed by atoms with Gasteiger partial charge in [0, 0.05) is 42.8 Å². The molecule has 1 saturated heterocycles. The van der Waals surface area contributed by atoms with Gasteiger partial charge in [0.1, 0.15) is 45.4 Å². The molecule has 4 heterocycles. The molecule has 53 heavy (non-hydrogen) atoms. The summed E-state index contributed by atoms with van der Waals surface area (Å²) in [4.78, 5) is 54.4. The van der Waals surface area contributed by atoms with E-state index in [1.165, 1.54) is 23.3 Å². The monoisotopic (exact) mass is 784 g/mol. The number of pyridine rings is 1. The minimum atomic E-state index is -3.95. The molecule has 16 heteroatoms. The number of amides is 4. The fourth-order valence-corrected chi connectivity index (χ4v) is 9.52.